The van der Waals surface area contributed by atoms with Gasteiger partial charge in [-0.2, -0.15) is 0 Å². The smallest absolute Gasteiger partial charge is 0.328 e. The molecule has 0 radical (unpaired) electrons. The van der Waals surface area contributed by atoms with E-state index in [0.717, 1.165) is 5.56 Å². The van der Waals surface area contributed by atoms with Gasteiger partial charge in [0.15, 0.2) is 5.76 Å². The number of rotatable bonds is 6. The van der Waals surface area contributed by atoms with E-state index in [1.807, 2.05) is 20.8 Å². The van der Waals surface area contributed by atoms with E-state index < -0.39 is 23.8 Å². The zero-order valence-corrected chi connectivity index (χ0v) is 15.2. The second-order valence-electron chi connectivity index (χ2n) is 6.18. The molecule has 2 rings (SSSR count). The number of ether oxygens (including phenoxy) is 1. The number of carbonyl (C=O) groups is 3. The number of esters is 1. The number of amides is 2. The number of anilines is 1. The van der Waals surface area contributed by atoms with E-state index in [0.29, 0.717) is 11.3 Å². The standard InChI is InChI=1S/C19H22N2O5/c1-11(2)16(19(24)25-4)21-17(22)13-8-7-12(3)14(10-13)20-18(23)15-6-5-9-26-15/h5-11,16H,1-4H3,(H,20,23)(H,21,22). The maximum Gasteiger partial charge on any atom is 0.328 e. The Kier molecular flexibility index (Phi) is 6.16. The zero-order chi connectivity index (χ0) is 19.3. The molecule has 0 saturated heterocycles. The molecule has 0 aliphatic heterocycles. The molecule has 0 spiro atoms. The highest BCUT2D eigenvalue weighted by Crippen LogP contribution is 2.19. The second-order valence-corrected chi connectivity index (χ2v) is 6.18. The zero-order valence-electron chi connectivity index (χ0n) is 15.2. The molecule has 7 nitrogen and oxygen atoms in total. The van der Waals surface area contributed by atoms with E-state index in [4.69, 9.17) is 9.15 Å². The van der Waals surface area contributed by atoms with Gasteiger partial charge in [0.1, 0.15) is 6.04 Å². The van der Waals surface area contributed by atoms with E-state index >= 15 is 0 Å². The molecule has 138 valence electrons. The van der Waals surface area contributed by atoms with Gasteiger partial charge in [-0.25, -0.2) is 4.79 Å². The molecule has 1 aromatic heterocycles. The minimum atomic E-state index is -0.755. The third-order valence-electron chi connectivity index (χ3n) is 3.90. The van der Waals surface area contributed by atoms with Crippen molar-refractivity contribution in [2.45, 2.75) is 26.8 Å². The molecule has 1 aromatic carbocycles. The van der Waals surface area contributed by atoms with E-state index in [1.165, 1.54) is 13.4 Å². The quantitative estimate of drug-likeness (QED) is 0.774. The normalized spacial score (nSPS) is 11.7. The Hall–Kier alpha value is -3.09. The van der Waals surface area contributed by atoms with Gasteiger partial charge in [-0.3, -0.25) is 9.59 Å². The van der Waals surface area contributed by atoms with Crippen molar-refractivity contribution in [3.8, 4) is 0 Å². The Labute approximate surface area is 151 Å². The Balaban J connectivity index is 2.18. The Morgan fingerprint density at radius 2 is 1.85 bits per heavy atom. The first-order valence-electron chi connectivity index (χ1n) is 8.17. The van der Waals surface area contributed by atoms with Crippen LogP contribution in [0.5, 0.6) is 0 Å². The van der Waals surface area contributed by atoms with Gasteiger partial charge in [-0.1, -0.05) is 19.9 Å². The molecular weight excluding hydrogens is 336 g/mol. The van der Waals surface area contributed by atoms with Crippen LogP contribution >= 0.6 is 0 Å². The molecule has 1 heterocycles. The molecule has 0 bridgehead atoms. The molecular formula is C19H22N2O5. The number of furan rings is 1. The fourth-order valence-corrected chi connectivity index (χ4v) is 2.34. The molecule has 26 heavy (non-hydrogen) atoms. The highest BCUT2D eigenvalue weighted by atomic mass is 16.5. The monoisotopic (exact) mass is 358 g/mol. The summed E-state index contributed by atoms with van der Waals surface area (Å²) in [6, 6.07) is 7.31. The maximum absolute atomic E-state index is 12.5. The van der Waals surface area contributed by atoms with Crippen LogP contribution in [0.4, 0.5) is 5.69 Å². The summed E-state index contributed by atoms with van der Waals surface area (Å²) in [7, 11) is 1.28. The van der Waals surface area contributed by atoms with Crippen LogP contribution in [-0.4, -0.2) is 30.9 Å². The number of methoxy groups -OCH3 is 1. The lowest BCUT2D eigenvalue weighted by atomic mass is 10.0. The summed E-state index contributed by atoms with van der Waals surface area (Å²) in [6.07, 6.45) is 1.41. The SMILES string of the molecule is COC(=O)C(NC(=O)c1ccc(C)c(NC(=O)c2ccco2)c1)C(C)C. The molecule has 7 heteroatoms. The van der Waals surface area contributed by atoms with Gasteiger partial charge < -0.3 is 19.8 Å². The predicted molar refractivity (Wildman–Crippen MR) is 95.9 cm³/mol. The topological polar surface area (TPSA) is 97.6 Å². The van der Waals surface area contributed by atoms with Crippen molar-refractivity contribution in [1.82, 2.24) is 5.32 Å². The fourth-order valence-electron chi connectivity index (χ4n) is 2.34. The van der Waals surface area contributed by atoms with Crippen LogP contribution in [-0.2, 0) is 9.53 Å². The summed E-state index contributed by atoms with van der Waals surface area (Å²) in [6.45, 7) is 5.43. The lowest BCUT2D eigenvalue weighted by Gasteiger charge is -2.20. The van der Waals surface area contributed by atoms with Gasteiger partial charge in [-0.15, -0.1) is 0 Å². The number of nitrogens with one attached hydrogen (secondary N) is 2. The summed E-state index contributed by atoms with van der Waals surface area (Å²) >= 11 is 0. The Bertz CT molecular complexity index is 796. The number of aryl methyl sites for hydroxylation is 1. The average Bonchev–Trinajstić information content (AvgIpc) is 3.15. The summed E-state index contributed by atoms with van der Waals surface area (Å²) < 4.78 is 9.79. The molecule has 1 atom stereocenters. The largest absolute Gasteiger partial charge is 0.467 e. The molecule has 2 N–H and O–H groups in total. The molecule has 0 aliphatic rings. The van der Waals surface area contributed by atoms with Crippen LogP contribution in [0.15, 0.2) is 41.0 Å². The minimum absolute atomic E-state index is 0.130. The first-order chi connectivity index (χ1) is 12.3. The summed E-state index contributed by atoms with van der Waals surface area (Å²) in [5, 5.41) is 5.38. The van der Waals surface area contributed by atoms with E-state index in [9.17, 15) is 14.4 Å². The lowest BCUT2D eigenvalue weighted by molar-refractivity contribution is -0.144. The van der Waals surface area contributed by atoms with Gasteiger partial charge in [0.25, 0.3) is 11.8 Å². The molecule has 0 fully saturated rings. The van der Waals surface area contributed by atoms with Crippen molar-refractivity contribution in [3.63, 3.8) is 0 Å². The number of carbonyl (C=O) groups excluding carboxylic acids is 3. The number of hydrogen-bond donors (Lipinski definition) is 2. The van der Waals surface area contributed by atoms with Gasteiger partial charge in [0, 0.05) is 11.3 Å². The minimum Gasteiger partial charge on any atom is -0.467 e. The van der Waals surface area contributed by atoms with Crippen molar-refractivity contribution in [3.05, 3.63) is 53.5 Å². The average molecular weight is 358 g/mol. The summed E-state index contributed by atoms with van der Waals surface area (Å²) in [4.78, 5) is 36.5. The van der Waals surface area contributed by atoms with Crippen LogP contribution < -0.4 is 10.6 Å². The van der Waals surface area contributed by atoms with Crippen LogP contribution in [0.25, 0.3) is 0 Å². The van der Waals surface area contributed by atoms with E-state index in [-0.39, 0.29) is 11.7 Å². The fraction of sp³-hybridized carbons (Fsp3) is 0.316. The molecule has 1 unspecified atom stereocenters. The van der Waals surface area contributed by atoms with Crippen LogP contribution in [0, 0.1) is 12.8 Å². The Morgan fingerprint density at radius 3 is 2.42 bits per heavy atom. The van der Waals surface area contributed by atoms with E-state index in [1.54, 1.807) is 30.3 Å². The molecule has 0 aliphatic carbocycles. The van der Waals surface area contributed by atoms with Crippen LogP contribution in [0.3, 0.4) is 0 Å². The van der Waals surface area contributed by atoms with Crippen LogP contribution in [0.2, 0.25) is 0 Å². The van der Waals surface area contributed by atoms with Crippen molar-refractivity contribution < 1.29 is 23.5 Å². The Morgan fingerprint density at radius 1 is 1.12 bits per heavy atom. The first kappa shape index (κ1) is 19.2. The van der Waals surface area contributed by atoms with E-state index in [2.05, 4.69) is 10.6 Å². The molecule has 2 amide bonds. The highest BCUT2D eigenvalue weighted by molar-refractivity contribution is 6.04. The van der Waals surface area contributed by atoms with Gasteiger partial charge in [0.2, 0.25) is 0 Å². The molecule has 2 aromatic rings. The predicted octanol–water partition coefficient (Wildman–Crippen LogP) is 2.77. The second kappa shape index (κ2) is 8.33. The van der Waals surface area contributed by atoms with Crippen molar-refractivity contribution >= 4 is 23.5 Å². The summed E-state index contributed by atoms with van der Waals surface area (Å²) in [5.74, 6) is -1.31. The third-order valence-corrected chi connectivity index (χ3v) is 3.90. The van der Waals surface area contributed by atoms with Crippen molar-refractivity contribution in [2.75, 3.05) is 12.4 Å². The van der Waals surface area contributed by atoms with Crippen LogP contribution in [0.1, 0.15) is 40.3 Å². The summed E-state index contributed by atoms with van der Waals surface area (Å²) in [5.41, 5.74) is 1.59. The van der Waals surface area contributed by atoms with Gasteiger partial charge in [0.05, 0.1) is 13.4 Å². The molecule has 0 saturated carbocycles. The lowest BCUT2D eigenvalue weighted by Crippen LogP contribution is -2.45. The first-order valence-corrected chi connectivity index (χ1v) is 8.17. The number of benzene rings is 1. The van der Waals surface area contributed by atoms with Crippen molar-refractivity contribution in [1.29, 1.82) is 0 Å². The van der Waals surface area contributed by atoms with Gasteiger partial charge >= 0.3 is 5.97 Å². The highest BCUT2D eigenvalue weighted by Gasteiger charge is 2.25. The third kappa shape index (κ3) is 4.50. The number of hydrogen-bond acceptors (Lipinski definition) is 5. The van der Waals surface area contributed by atoms with Gasteiger partial charge in [-0.05, 0) is 42.7 Å². The maximum atomic E-state index is 12.5. The van der Waals surface area contributed by atoms with Crippen molar-refractivity contribution in [2.24, 2.45) is 5.92 Å².